The van der Waals surface area contributed by atoms with E-state index in [2.05, 4.69) is 6.92 Å². The van der Waals surface area contributed by atoms with Crippen LogP contribution in [0.25, 0.3) is 0 Å². The number of hydrogen-bond donors (Lipinski definition) is 0. The summed E-state index contributed by atoms with van der Waals surface area (Å²) in [6.07, 6.45) is -1.18. The first-order valence-corrected chi connectivity index (χ1v) is 10.3. The molecule has 0 aromatic heterocycles. The first-order valence-electron chi connectivity index (χ1n) is 10.3. The fraction of sp³-hybridized carbons (Fsp3) is 0.900. The Balaban J connectivity index is 1.61. The lowest BCUT2D eigenvalue weighted by molar-refractivity contribution is -0.220. The molecular weight excluding hydrogens is 382 g/mol. The highest BCUT2D eigenvalue weighted by Crippen LogP contribution is 2.40. The summed E-state index contributed by atoms with van der Waals surface area (Å²) in [5.41, 5.74) is -0.693. The van der Waals surface area contributed by atoms with Crippen molar-refractivity contribution in [3.05, 3.63) is 0 Å². The van der Waals surface area contributed by atoms with Crippen LogP contribution in [0.5, 0.6) is 0 Å². The summed E-state index contributed by atoms with van der Waals surface area (Å²) in [4.78, 5) is 25.4. The monoisotopic (exact) mass is 415 g/mol. The fourth-order valence-electron chi connectivity index (χ4n) is 3.67. The zero-order valence-electron chi connectivity index (χ0n) is 18.1. The van der Waals surface area contributed by atoms with E-state index in [4.69, 9.17) is 28.4 Å². The van der Waals surface area contributed by atoms with E-state index in [1.165, 1.54) is 0 Å². The van der Waals surface area contributed by atoms with Gasteiger partial charge in [-0.1, -0.05) is 13.3 Å². The van der Waals surface area contributed by atoms with Gasteiger partial charge in [0.1, 0.15) is 23.9 Å². The Morgan fingerprint density at radius 2 is 2.00 bits per heavy atom. The van der Waals surface area contributed by atoms with Crippen LogP contribution in [0.3, 0.4) is 0 Å². The van der Waals surface area contributed by atoms with Crippen LogP contribution < -0.4 is 0 Å². The smallest absolute Gasteiger partial charge is 0.419 e. The normalized spacial score (nSPS) is 33.7. The van der Waals surface area contributed by atoms with Gasteiger partial charge in [0.25, 0.3) is 0 Å². The van der Waals surface area contributed by atoms with E-state index in [1.54, 1.807) is 20.8 Å². The Labute approximate surface area is 171 Å². The number of rotatable bonds is 6. The van der Waals surface area contributed by atoms with Crippen molar-refractivity contribution in [3.8, 4) is 0 Å². The maximum Gasteiger partial charge on any atom is 0.419 e. The first-order chi connectivity index (χ1) is 13.5. The Morgan fingerprint density at radius 3 is 2.66 bits per heavy atom. The van der Waals surface area contributed by atoms with Gasteiger partial charge in [-0.2, -0.15) is 0 Å². The minimum Gasteiger partial charge on any atom is -0.444 e. The van der Waals surface area contributed by atoms with Crippen molar-refractivity contribution in [2.75, 3.05) is 13.2 Å². The SMILES string of the molecule is CCCCO[C@@H]1[C@H]2OC(C)(C)O[C@H]2O[C@@H]1C[C@H]1CN(C(=O)OC(C)(C)C)C(=O)O1. The molecule has 5 atom stereocenters. The molecule has 9 nitrogen and oxygen atoms in total. The Hall–Kier alpha value is -1.42. The molecule has 3 aliphatic rings. The summed E-state index contributed by atoms with van der Waals surface area (Å²) in [6.45, 7) is 11.7. The molecule has 29 heavy (non-hydrogen) atoms. The van der Waals surface area contributed by atoms with Gasteiger partial charge in [-0.3, -0.25) is 0 Å². The number of fused-ring (bicyclic) bond motifs is 1. The average molecular weight is 415 g/mol. The maximum absolute atomic E-state index is 12.2. The quantitative estimate of drug-likeness (QED) is 0.611. The van der Waals surface area contributed by atoms with Crippen LogP contribution in [0.1, 0.15) is 60.8 Å². The lowest BCUT2D eigenvalue weighted by Gasteiger charge is -2.27. The van der Waals surface area contributed by atoms with Crippen LogP contribution in [-0.4, -0.2) is 72.3 Å². The van der Waals surface area contributed by atoms with E-state index in [-0.39, 0.29) is 24.9 Å². The molecule has 3 heterocycles. The number of carbonyl (C=O) groups is 2. The van der Waals surface area contributed by atoms with Crippen LogP contribution in [0.4, 0.5) is 9.59 Å². The van der Waals surface area contributed by atoms with Crippen LogP contribution >= 0.6 is 0 Å². The van der Waals surface area contributed by atoms with Gasteiger partial charge >= 0.3 is 12.2 Å². The lowest BCUT2D eigenvalue weighted by Crippen LogP contribution is -2.40. The summed E-state index contributed by atoms with van der Waals surface area (Å²) < 4.78 is 34.6. The number of cyclic esters (lactones) is 1. The third kappa shape index (κ3) is 5.39. The molecule has 3 rings (SSSR count). The second kappa shape index (κ2) is 8.37. The van der Waals surface area contributed by atoms with Gasteiger partial charge in [0.15, 0.2) is 12.1 Å². The molecule has 9 heteroatoms. The van der Waals surface area contributed by atoms with Gasteiger partial charge in [0, 0.05) is 13.0 Å². The second-order valence-electron chi connectivity index (χ2n) is 9.16. The predicted octanol–water partition coefficient (Wildman–Crippen LogP) is 3.19. The number of imide groups is 1. The summed E-state index contributed by atoms with van der Waals surface area (Å²) in [5, 5.41) is 0. The van der Waals surface area contributed by atoms with E-state index < -0.39 is 36.0 Å². The molecule has 0 bridgehead atoms. The van der Waals surface area contributed by atoms with Crippen molar-refractivity contribution >= 4 is 12.2 Å². The highest BCUT2D eigenvalue weighted by atomic mass is 16.8. The van der Waals surface area contributed by atoms with Crippen molar-refractivity contribution in [2.24, 2.45) is 0 Å². The van der Waals surface area contributed by atoms with Crippen molar-refractivity contribution in [1.29, 1.82) is 0 Å². The molecule has 0 unspecified atom stereocenters. The first kappa shape index (κ1) is 22.3. The Morgan fingerprint density at radius 1 is 1.28 bits per heavy atom. The average Bonchev–Trinajstić information content (AvgIpc) is 3.17. The van der Waals surface area contributed by atoms with Gasteiger partial charge in [-0.25, -0.2) is 14.5 Å². The van der Waals surface area contributed by atoms with Gasteiger partial charge < -0.3 is 28.4 Å². The van der Waals surface area contributed by atoms with E-state index in [9.17, 15) is 9.59 Å². The molecule has 0 N–H and O–H groups in total. The second-order valence-corrected chi connectivity index (χ2v) is 9.16. The van der Waals surface area contributed by atoms with Gasteiger partial charge in [0.05, 0.1) is 12.6 Å². The molecular formula is C20H33NO8. The third-order valence-electron chi connectivity index (χ3n) is 4.88. The Kier molecular flexibility index (Phi) is 6.43. The fourth-order valence-corrected chi connectivity index (χ4v) is 3.67. The summed E-state index contributed by atoms with van der Waals surface area (Å²) in [6, 6.07) is 0. The number of ether oxygens (including phenoxy) is 6. The zero-order valence-corrected chi connectivity index (χ0v) is 18.1. The van der Waals surface area contributed by atoms with E-state index in [0.29, 0.717) is 13.0 Å². The number of hydrogen-bond acceptors (Lipinski definition) is 8. The number of amides is 2. The van der Waals surface area contributed by atoms with Crippen LogP contribution in [-0.2, 0) is 28.4 Å². The lowest BCUT2D eigenvalue weighted by atomic mass is 10.0. The molecule has 0 aromatic rings. The molecule has 0 radical (unpaired) electrons. The van der Waals surface area contributed by atoms with Crippen LogP contribution in [0.15, 0.2) is 0 Å². The molecule has 3 saturated heterocycles. The van der Waals surface area contributed by atoms with Gasteiger partial charge in [-0.15, -0.1) is 0 Å². The van der Waals surface area contributed by atoms with E-state index in [0.717, 1.165) is 17.7 Å². The number of unbranched alkanes of at least 4 members (excludes halogenated alkanes) is 1. The molecule has 3 fully saturated rings. The topological polar surface area (TPSA) is 92.8 Å². The maximum atomic E-state index is 12.2. The minimum absolute atomic E-state index is 0.109. The van der Waals surface area contributed by atoms with Crippen molar-refractivity contribution < 1.29 is 38.0 Å². The van der Waals surface area contributed by atoms with Gasteiger partial charge in [-0.05, 0) is 41.0 Å². The minimum atomic E-state index is -0.736. The molecule has 0 aliphatic carbocycles. The van der Waals surface area contributed by atoms with E-state index in [1.807, 2.05) is 13.8 Å². The van der Waals surface area contributed by atoms with Crippen molar-refractivity contribution in [3.63, 3.8) is 0 Å². The molecule has 2 amide bonds. The predicted molar refractivity (Wildman–Crippen MR) is 101 cm³/mol. The highest BCUT2D eigenvalue weighted by molar-refractivity contribution is 5.89. The van der Waals surface area contributed by atoms with E-state index >= 15 is 0 Å². The molecule has 3 aliphatic heterocycles. The molecule has 166 valence electrons. The number of carbonyl (C=O) groups excluding carboxylic acids is 2. The van der Waals surface area contributed by atoms with Crippen molar-refractivity contribution in [1.82, 2.24) is 4.90 Å². The molecule has 0 saturated carbocycles. The molecule has 0 aromatic carbocycles. The largest absolute Gasteiger partial charge is 0.444 e. The van der Waals surface area contributed by atoms with Crippen LogP contribution in [0, 0.1) is 0 Å². The van der Waals surface area contributed by atoms with Crippen LogP contribution in [0.2, 0.25) is 0 Å². The third-order valence-corrected chi connectivity index (χ3v) is 4.88. The summed E-state index contributed by atoms with van der Waals surface area (Å²) in [5.74, 6) is -0.736. The molecule has 0 spiro atoms. The van der Waals surface area contributed by atoms with Crippen molar-refractivity contribution in [2.45, 2.75) is 103 Å². The highest BCUT2D eigenvalue weighted by Gasteiger charge is 2.56. The number of nitrogens with zero attached hydrogens (tertiary/aromatic N) is 1. The zero-order chi connectivity index (χ0) is 21.4. The summed E-state index contributed by atoms with van der Waals surface area (Å²) in [7, 11) is 0. The standard InChI is InChI=1S/C20H33NO8/c1-7-8-9-24-14-13(26-16-15(14)27-20(5,6)28-16)10-12-11-21(17(22)25-12)18(23)29-19(2,3)4/h12-16H,7-11H2,1-6H3/t12-,13+,14-,15+,16+/m0/s1. The Bertz CT molecular complexity index is 616. The summed E-state index contributed by atoms with van der Waals surface area (Å²) >= 11 is 0. The van der Waals surface area contributed by atoms with Gasteiger partial charge in [0.2, 0.25) is 0 Å².